The van der Waals surface area contributed by atoms with Crippen LogP contribution in [-0.2, 0) is 4.79 Å². The quantitative estimate of drug-likeness (QED) is 0.376. The van der Waals surface area contributed by atoms with E-state index in [0.717, 1.165) is 22.5 Å². The summed E-state index contributed by atoms with van der Waals surface area (Å²) in [5.41, 5.74) is 3.74. The van der Waals surface area contributed by atoms with E-state index in [2.05, 4.69) is 63.6 Å². The van der Waals surface area contributed by atoms with Gasteiger partial charge in [-0.15, -0.1) is 0 Å². The Morgan fingerprint density at radius 1 is 1.03 bits per heavy atom. The van der Waals surface area contributed by atoms with Gasteiger partial charge in [-0.2, -0.15) is 0 Å². The normalized spacial score (nSPS) is 15.4. The number of carbonyl (C=O) groups excluding carboxylic acids is 1. The van der Waals surface area contributed by atoms with Crippen molar-refractivity contribution in [2.24, 2.45) is 5.92 Å². The van der Waals surface area contributed by atoms with E-state index in [4.69, 9.17) is 5.11 Å². The molecule has 3 N–H and O–H groups in total. The predicted molar refractivity (Wildman–Crippen MR) is 142 cm³/mol. The van der Waals surface area contributed by atoms with Crippen LogP contribution in [0, 0.1) is 17.8 Å². The molecule has 1 heterocycles. The third-order valence-electron chi connectivity index (χ3n) is 6.89. The molecule has 2 aromatic carbocycles. The monoisotopic (exact) mass is 470 g/mol. The highest BCUT2D eigenvalue weighted by Crippen LogP contribution is 2.35. The van der Waals surface area contributed by atoms with Gasteiger partial charge in [0.2, 0.25) is 0 Å². The Morgan fingerprint density at radius 3 is 2.49 bits per heavy atom. The van der Waals surface area contributed by atoms with E-state index in [9.17, 15) is 4.79 Å². The number of aliphatic hydroxyl groups excluding tert-OH is 1. The lowest BCUT2D eigenvalue weighted by atomic mass is 9.79. The predicted octanol–water partition coefficient (Wildman–Crippen LogP) is 6.16. The number of amides is 1. The Labute approximate surface area is 207 Å². The topological polar surface area (TPSA) is 87.1 Å². The molecule has 0 spiro atoms. The third kappa shape index (κ3) is 6.80. The lowest BCUT2D eigenvalue weighted by Gasteiger charge is -2.26. The zero-order valence-corrected chi connectivity index (χ0v) is 20.4. The molecule has 1 unspecified atom stereocenters. The fraction of sp³-hybridized carbons (Fsp3) is 0.414. The molecule has 1 saturated carbocycles. The minimum Gasteiger partial charge on any atom is -0.395 e. The Hall–Kier alpha value is -3.43. The van der Waals surface area contributed by atoms with Crippen molar-refractivity contribution < 1.29 is 9.90 Å². The summed E-state index contributed by atoms with van der Waals surface area (Å²) in [6.07, 6.45) is 11.3. The molecule has 1 aromatic heterocycles. The molecule has 0 saturated heterocycles. The summed E-state index contributed by atoms with van der Waals surface area (Å²) in [5, 5.41) is 15.8. The van der Waals surface area contributed by atoms with Crippen LogP contribution in [0.3, 0.4) is 0 Å². The van der Waals surface area contributed by atoms with Gasteiger partial charge >= 0.3 is 0 Å². The Kier molecular flexibility index (Phi) is 8.69. The summed E-state index contributed by atoms with van der Waals surface area (Å²) in [7, 11) is 0. The number of aliphatic hydroxyl groups is 1. The largest absolute Gasteiger partial charge is 0.395 e. The molecule has 1 aliphatic carbocycles. The molecule has 1 fully saturated rings. The van der Waals surface area contributed by atoms with E-state index in [-0.39, 0.29) is 13.0 Å². The van der Waals surface area contributed by atoms with E-state index >= 15 is 0 Å². The summed E-state index contributed by atoms with van der Waals surface area (Å²) >= 11 is 0. The van der Waals surface area contributed by atoms with Crippen molar-refractivity contribution in [2.75, 3.05) is 17.2 Å². The molecular formula is C29H34N4O2. The summed E-state index contributed by atoms with van der Waals surface area (Å²) in [5.74, 6) is 6.69. The molecule has 6 nitrogen and oxygen atoms in total. The SMILES string of the molecule is CC(c1ccc(Nc2ncnc3ccc(NC(=O)C#CCCO)cc23)cc1)C1CCCCCCC1. The molecule has 1 aliphatic rings. The van der Waals surface area contributed by atoms with Gasteiger partial charge in [-0.3, -0.25) is 4.79 Å². The number of rotatable bonds is 6. The summed E-state index contributed by atoms with van der Waals surface area (Å²) in [4.78, 5) is 20.8. The number of nitrogens with one attached hydrogen (secondary N) is 2. The molecule has 182 valence electrons. The maximum absolute atomic E-state index is 12.0. The zero-order valence-electron chi connectivity index (χ0n) is 20.4. The second-order valence-corrected chi connectivity index (χ2v) is 9.32. The maximum atomic E-state index is 12.0. The lowest BCUT2D eigenvalue weighted by molar-refractivity contribution is -0.111. The minimum absolute atomic E-state index is 0.0664. The second kappa shape index (κ2) is 12.3. The van der Waals surface area contributed by atoms with Gasteiger partial charge in [0, 0.05) is 23.2 Å². The number of anilines is 3. The molecule has 0 aliphatic heterocycles. The highest BCUT2D eigenvalue weighted by molar-refractivity contribution is 6.05. The van der Waals surface area contributed by atoms with Crippen molar-refractivity contribution in [3.63, 3.8) is 0 Å². The molecule has 1 amide bonds. The van der Waals surface area contributed by atoms with Crippen LogP contribution in [0.15, 0.2) is 48.8 Å². The standard InChI is InChI=1S/C29H34N4O2/c1-21(22-9-5-3-2-4-6-10-22)23-12-14-24(15-13-23)33-29-26-19-25(16-17-27(26)30-20-31-29)32-28(35)11-7-8-18-34/h12-17,19-22,34H,2-6,8-10,18H2,1H3,(H,32,35)(H,30,31,33). The smallest absolute Gasteiger partial charge is 0.300 e. The number of carbonyl (C=O) groups is 1. The van der Waals surface area contributed by atoms with Gasteiger partial charge in [0.1, 0.15) is 12.1 Å². The van der Waals surface area contributed by atoms with E-state index in [0.29, 0.717) is 17.4 Å². The first-order valence-electron chi connectivity index (χ1n) is 12.7. The molecule has 0 bridgehead atoms. The van der Waals surface area contributed by atoms with Gasteiger partial charge in [0.05, 0.1) is 12.1 Å². The van der Waals surface area contributed by atoms with Gasteiger partial charge in [0.15, 0.2) is 0 Å². The fourth-order valence-electron chi connectivity index (χ4n) is 4.86. The Balaban J connectivity index is 1.47. The van der Waals surface area contributed by atoms with Crippen molar-refractivity contribution in [3.8, 4) is 11.8 Å². The molecule has 35 heavy (non-hydrogen) atoms. The van der Waals surface area contributed by atoms with Crippen LogP contribution in [0.25, 0.3) is 10.9 Å². The van der Waals surface area contributed by atoms with Crippen molar-refractivity contribution in [1.82, 2.24) is 9.97 Å². The van der Waals surface area contributed by atoms with Crippen LogP contribution in [0.2, 0.25) is 0 Å². The second-order valence-electron chi connectivity index (χ2n) is 9.32. The molecule has 3 aromatic rings. The first kappa shape index (κ1) is 24.7. The van der Waals surface area contributed by atoms with Crippen LogP contribution in [0.5, 0.6) is 0 Å². The minimum atomic E-state index is -0.418. The average Bonchev–Trinajstić information content (AvgIpc) is 2.84. The van der Waals surface area contributed by atoms with Crippen molar-refractivity contribution in [1.29, 1.82) is 0 Å². The fourth-order valence-corrected chi connectivity index (χ4v) is 4.86. The first-order valence-corrected chi connectivity index (χ1v) is 12.7. The Bertz CT molecular complexity index is 1190. The first-order chi connectivity index (χ1) is 17.1. The van der Waals surface area contributed by atoms with E-state index < -0.39 is 5.91 Å². The van der Waals surface area contributed by atoms with E-state index in [1.807, 2.05) is 12.1 Å². The number of aromatic nitrogens is 2. The third-order valence-corrected chi connectivity index (χ3v) is 6.89. The number of hydrogen-bond donors (Lipinski definition) is 3. The number of hydrogen-bond acceptors (Lipinski definition) is 5. The van der Waals surface area contributed by atoms with Crippen molar-refractivity contribution in [3.05, 3.63) is 54.4 Å². The summed E-state index contributed by atoms with van der Waals surface area (Å²) < 4.78 is 0. The lowest BCUT2D eigenvalue weighted by Crippen LogP contribution is -2.12. The van der Waals surface area contributed by atoms with Crippen LogP contribution < -0.4 is 10.6 Å². The number of fused-ring (bicyclic) bond motifs is 1. The van der Waals surface area contributed by atoms with Crippen LogP contribution in [-0.4, -0.2) is 27.6 Å². The number of benzene rings is 2. The van der Waals surface area contributed by atoms with Gasteiger partial charge in [0.25, 0.3) is 5.91 Å². The van der Waals surface area contributed by atoms with E-state index in [1.54, 1.807) is 6.07 Å². The average molecular weight is 471 g/mol. The highest BCUT2D eigenvalue weighted by Gasteiger charge is 2.20. The summed E-state index contributed by atoms with van der Waals surface area (Å²) in [6.45, 7) is 2.31. The molecular weight excluding hydrogens is 436 g/mol. The van der Waals surface area contributed by atoms with Crippen molar-refractivity contribution in [2.45, 2.75) is 64.2 Å². The van der Waals surface area contributed by atoms with Gasteiger partial charge < -0.3 is 15.7 Å². The molecule has 0 radical (unpaired) electrons. The zero-order chi connectivity index (χ0) is 24.5. The van der Waals surface area contributed by atoms with Gasteiger partial charge in [-0.25, -0.2) is 9.97 Å². The summed E-state index contributed by atoms with van der Waals surface area (Å²) in [6, 6.07) is 14.2. The van der Waals surface area contributed by atoms with Crippen LogP contribution in [0.4, 0.5) is 17.2 Å². The molecule has 1 atom stereocenters. The van der Waals surface area contributed by atoms with Gasteiger partial charge in [-0.05, 0) is 66.5 Å². The highest BCUT2D eigenvalue weighted by atomic mass is 16.2. The number of nitrogens with zero attached hydrogens (tertiary/aromatic N) is 2. The molecule has 4 rings (SSSR count). The van der Waals surface area contributed by atoms with Crippen molar-refractivity contribution >= 4 is 34.0 Å². The van der Waals surface area contributed by atoms with Gasteiger partial charge in [-0.1, -0.05) is 57.1 Å². The van der Waals surface area contributed by atoms with E-state index in [1.165, 1.54) is 56.8 Å². The Morgan fingerprint density at radius 2 is 1.74 bits per heavy atom. The van der Waals surface area contributed by atoms with Crippen LogP contribution in [0.1, 0.15) is 69.8 Å². The molecule has 6 heteroatoms. The van der Waals surface area contributed by atoms with Crippen LogP contribution >= 0.6 is 0 Å². The maximum Gasteiger partial charge on any atom is 0.300 e.